The van der Waals surface area contributed by atoms with Crippen molar-refractivity contribution in [2.45, 2.75) is 25.8 Å². The van der Waals surface area contributed by atoms with Crippen LogP contribution in [-0.2, 0) is 17.8 Å². The molecule has 148 valence electrons. The van der Waals surface area contributed by atoms with Gasteiger partial charge >= 0.3 is 0 Å². The molecule has 2 aliphatic rings. The van der Waals surface area contributed by atoms with E-state index in [-0.39, 0.29) is 12.7 Å². The Kier molecular flexibility index (Phi) is 6.03. The average molecular weight is 401 g/mol. The van der Waals surface area contributed by atoms with Gasteiger partial charge in [-0.15, -0.1) is 0 Å². The summed E-state index contributed by atoms with van der Waals surface area (Å²) in [7, 11) is 0. The zero-order valence-corrected chi connectivity index (χ0v) is 16.7. The van der Waals surface area contributed by atoms with Crippen LogP contribution in [0.15, 0.2) is 42.5 Å². The molecule has 0 atom stereocenters. The van der Waals surface area contributed by atoms with E-state index in [0.717, 1.165) is 44.6 Å². The Morgan fingerprint density at radius 2 is 1.79 bits per heavy atom. The summed E-state index contributed by atoms with van der Waals surface area (Å²) >= 11 is 6.39. The Balaban J connectivity index is 1.31. The smallest absolute Gasteiger partial charge is 0.231 e. The van der Waals surface area contributed by atoms with E-state index in [4.69, 9.17) is 21.1 Å². The van der Waals surface area contributed by atoms with Crippen LogP contribution < -0.4 is 9.47 Å². The van der Waals surface area contributed by atoms with Crippen molar-refractivity contribution < 1.29 is 14.3 Å². The Hall–Kier alpha value is -2.24. The summed E-state index contributed by atoms with van der Waals surface area (Å²) in [5, 5.41) is 0.612. The predicted octanol–water partition coefficient (Wildman–Crippen LogP) is 3.74. The molecule has 0 N–H and O–H groups in total. The summed E-state index contributed by atoms with van der Waals surface area (Å²) < 4.78 is 10.8. The first-order valence-electron chi connectivity index (χ1n) is 9.81. The van der Waals surface area contributed by atoms with Crippen molar-refractivity contribution in [3.8, 4) is 11.5 Å². The maximum absolute atomic E-state index is 12.6. The molecule has 2 aliphatic heterocycles. The van der Waals surface area contributed by atoms with E-state index < -0.39 is 0 Å². The van der Waals surface area contributed by atoms with Crippen molar-refractivity contribution in [3.05, 3.63) is 58.6 Å². The van der Waals surface area contributed by atoms with Crippen LogP contribution in [0.1, 0.15) is 24.0 Å². The van der Waals surface area contributed by atoms with Crippen LogP contribution in [0.2, 0.25) is 5.02 Å². The number of nitrogens with zero attached hydrogens (tertiary/aromatic N) is 2. The lowest BCUT2D eigenvalue weighted by Gasteiger charge is -2.22. The maximum atomic E-state index is 12.6. The van der Waals surface area contributed by atoms with Crippen LogP contribution in [0.25, 0.3) is 0 Å². The number of hydrogen-bond donors (Lipinski definition) is 0. The van der Waals surface area contributed by atoms with E-state index >= 15 is 0 Å². The van der Waals surface area contributed by atoms with Crippen molar-refractivity contribution in [1.29, 1.82) is 0 Å². The third-order valence-corrected chi connectivity index (χ3v) is 5.72. The first kappa shape index (κ1) is 19.1. The van der Waals surface area contributed by atoms with Gasteiger partial charge < -0.3 is 19.3 Å². The number of amides is 1. The fraction of sp³-hybridized carbons (Fsp3) is 0.409. The molecule has 0 saturated carbocycles. The summed E-state index contributed by atoms with van der Waals surface area (Å²) in [5.41, 5.74) is 2.27. The van der Waals surface area contributed by atoms with Crippen LogP contribution in [0, 0.1) is 0 Å². The number of fused-ring (bicyclic) bond motifs is 1. The molecule has 5 nitrogen and oxygen atoms in total. The van der Waals surface area contributed by atoms with Gasteiger partial charge in [0, 0.05) is 43.7 Å². The second kappa shape index (κ2) is 8.84. The fourth-order valence-electron chi connectivity index (χ4n) is 3.74. The summed E-state index contributed by atoms with van der Waals surface area (Å²) in [6.45, 7) is 4.17. The number of halogens is 1. The molecule has 2 aromatic carbocycles. The molecule has 1 saturated heterocycles. The third-order valence-electron chi connectivity index (χ3n) is 5.37. The van der Waals surface area contributed by atoms with Gasteiger partial charge in [-0.3, -0.25) is 4.79 Å². The molecule has 0 bridgehead atoms. The van der Waals surface area contributed by atoms with Gasteiger partial charge in [0.2, 0.25) is 12.7 Å². The number of benzene rings is 2. The minimum Gasteiger partial charge on any atom is -0.454 e. The highest BCUT2D eigenvalue weighted by Gasteiger charge is 2.23. The Morgan fingerprint density at radius 1 is 1.00 bits per heavy atom. The van der Waals surface area contributed by atoms with E-state index in [1.54, 1.807) is 6.07 Å². The van der Waals surface area contributed by atoms with Crippen LogP contribution in [0.3, 0.4) is 0 Å². The molecular formula is C22H25ClN2O3. The van der Waals surface area contributed by atoms with Gasteiger partial charge in [0.25, 0.3) is 0 Å². The number of rotatable bonds is 6. The monoisotopic (exact) mass is 400 g/mol. The lowest BCUT2D eigenvalue weighted by molar-refractivity contribution is -0.130. The topological polar surface area (TPSA) is 42.0 Å². The molecule has 0 aliphatic carbocycles. The largest absolute Gasteiger partial charge is 0.454 e. The minimum absolute atomic E-state index is 0.180. The molecule has 6 heteroatoms. The second-order valence-electron chi connectivity index (χ2n) is 7.29. The number of hydrogen-bond acceptors (Lipinski definition) is 4. The van der Waals surface area contributed by atoms with Gasteiger partial charge in [0.1, 0.15) is 0 Å². The number of aryl methyl sites for hydroxylation is 1. The SMILES string of the molecule is O=C1CCN(CCCc2ccccc2)CCN1Cc1cc2c(cc1Cl)OCO2. The van der Waals surface area contributed by atoms with Crippen molar-refractivity contribution >= 4 is 17.5 Å². The Labute approximate surface area is 170 Å². The number of carbonyl (C=O) groups excluding carboxylic acids is 1. The molecular weight excluding hydrogens is 376 g/mol. The summed E-state index contributed by atoms with van der Waals surface area (Å²) in [6, 6.07) is 14.2. The molecule has 4 rings (SSSR count). The first-order chi connectivity index (χ1) is 13.7. The van der Waals surface area contributed by atoms with Crippen molar-refractivity contribution in [2.75, 3.05) is 33.0 Å². The molecule has 2 heterocycles. The molecule has 0 unspecified atom stereocenters. The van der Waals surface area contributed by atoms with Crippen LogP contribution in [0.4, 0.5) is 0 Å². The lowest BCUT2D eigenvalue weighted by atomic mass is 10.1. The quantitative estimate of drug-likeness (QED) is 0.740. The molecule has 2 aromatic rings. The highest BCUT2D eigenvalue weighted by Crippen LogP contribution is 2.37. The minimum atomic E-state index is 0.180. The molecule has 0 aromatic heterocycles. The van der Waals surface area contributed by atoms with E-state index in [1.165, 1.54) is 5.56 Å². The van der Waals surface area contributed by atoms with E-state index in [2.05, 4.69) is 29.2 Å². The zero-order chi connectivity index (χ0) is 19.3. The highest BCUT2D eigenvalue weighted by atomic mass is 35.5. The molecule has 0 spiro atoms. The van der Waals surface area contributed by atoms with Crippen LogP contribution in [0.5, 0.6) is 11.5 Å². The normalized spacial score (nSPS) is 17.0. The molecule has 28 heavy (non-hydrogen) atoms. The number of carbonyl (C=O) groups is 1. The van der Waals surface area contributed by atoms with Crippen molar-refractivity contribution in [3.63, 3.8) is 0 Å². The first-order valence-corrected chi connectivity index (χ1v) is 10.2. The van der Waals surface area contributed by atoms with Crippen molar-refractivity contribution in [1.82, 2.24) is 9.80 Å². The van der Waals surface area contributed by atoms with E-state index in [0.29, 0.717) is 29.5 Å². The summed E-state index contributed by atoms with van der Waals surface area (Å²) in [6.07, 6.45) is 2.72. The average Bonchev–Trinajstić information content (AvgIpc) is 3.08. The Bertz CT molecular complexity index is 828. The van der Waals surface area contributed by atoms with Gasteiger partial charge in [-0.1, -0.05) is 41.9 Å². The van der Waals surface area contributed by atoms with Gasteiger partial charge in [0.05, 0.1) is 0 Å². The van der Waals surface area contributed by atoms with Gasteiger partial charge in [-0.25, -0.2) is 0 Å². The number of ether oxygens (including phenoxy) is 2. The standard InChI is InChI=1S/C22H25ClN2O3/c23-19-14-21-20(27-16-28-21)13-18(19)15-25-12-11-24(10-8-22(25)26)9-4-7-17-5-2-1-3-6-17/h1-3,5-6,13-14H,4,7-12,15-16H2. The summed E-state index contributed by atoms with van der Waals surface area (Å²) in [4.78, 5) is 16.9. The summed E-state index contributed by atoms with van der Waals surface area (Å²) in [5.74, 6) is 1.55. The van der Waals surface area contributed by atoms with Gasteiger partial charge in [0.15, 0.2) is 11.5 Å². The van der Waals surface area contributed by atoms with Crippen molar-refractivity contribution in [2.24, 2.45) is 0 Å². The zero-order valence-electron chi connectivity index (χ0n) is 15.9. The fourth-order valence-corrected chi connectivity index (χ4v) is 3.95. The molecule has 1 fully saturated rings. The van der Waals surface area contributed by atoms with Gasteiger partial charge in [-0.2, -0.15) is 0 Å². The van der Waals surface area contributed by atoms with Crippen LogP contribution in [-0.4, -0.2) is 48.7 Å². The van der Waals surface area contributed by atoms with E-state index in [9.17, 15) is 4.79 Å². The van der Waals surface area contributed by atoms with E-state index in [1.807, 2.05) is 17.0 Å². The van der Waals surface area contributed by atoms with Gasteiger partial charge in [-0.05, 0) is 36.6 Å². The predicted molar refractivity (Wildman–Crippen MR) is 109 cm³/mol. The third kappa shape index (κ3) is 4.59. The Morgan fingerprint density at radius 3 is 2.61 bits per heavy atom. The molecule has 0 radical (unpaired) electrons. The maximum Gasteiger partial charge on any atom is 0.231 e. The highest BCUT2D eigenvalue weighted by molar-refractivity contribution is 6.31. The second-order valence-corrected chi connectivity index (χ2v) is 7.70. The lowest BCUT2D eigenvalue weighted by Crippen LogP contribution is -2.33. The molecule has 1 amide bonds. The van der Waals surface area contributed by atoms with Crippen LogP contribution >= 0.6 is 11.6 Å².